The summed E-state index contributed by atoms with van der Waals surface area (Å²) in [5.41, 5.74) is 23.7. The van der Waals surface area contributed by atoms with E-state index >= 15 is 0 Å². The highest BCUT2D eigenvalue weighted by molar-refractivity contribution is 5.96. The van der Waals surface area contributed by atoms with E-state index in [9.17, 15) is 0 Å². The third-order valence-corrected chi connectivity index (χ3v) is 13.9. The van der Waals surface area contributed by atoms with E-state index < -0.39 is 5.41 Å². The van der Waals surface area contributed by atoms with Crippen molar-refractivity contribution in [1.29, 1.82) is 0 Å². The van der Waals surface area contributed by atoms with E-state index in [4.69, 9.17) is 9.97 Å². The van der Waals surface area contributed by atoms with Crippen molar-refractivity contribution in [2.75, 3.05) is 0 Å². The van der Waals surface area contributed by atoms with Crippen molar-refractivity contribution >= 4 is 0 Å². The predicted molar refractivity (Wildman–Crippen MR) is 276 cm³/mol. The lowest BCUT2D eigenvalue weighted by molar-refractivity contribution is 0.794. The average Bonchev–Trinajstić information content (AvgIpc) is 3.88. The van der Waals surface area contributed by atoms with Crippen LogP contribution >= 0.6 is 0 Å². The zero-order chi connectivity index (χ0) is 44.3. The molecule has 1 heterocycles. The molecular weight excluding hydrogens is 809 g/mol. The summed E-state index contributed by atoms with van der Waals surface area (Å²) < 4.78 is 0. The van der Waals surface area contributed by atoms with Crippen molar-refractivity contribution in [3.63, 3.8) is 0 Å². The van der Waals surface area contributed by atoms with Crippen molar-refractivity contribution in [3.8, 4) is 101 Å². The van der Waals surface area contributed by atoms with Gasteiger partial charge in [0.15, 0.2) is 5.82 Å². The Bertz CT molecular complexity index is 3350. The molecule has 2 nitrogen and oxygen atoms in total. The first-order chi connectivity index (χ1) is 33.2. The molecule has 0 saturated heterocycles. The van der Waals surface area contributed by atoms with Gasteiger partial charge < -0.3 is 0 Å². The second kappa shape index (κ2) is 15.8. The molecule has 2 aliphatic rings. The molecule has 0 atom stereocenters. The fourth-order valence-corrected chi connectivity index (χ4v) is 10.8. The van der Waals surface area contributed by atoms with E-state index in [0.717, 1.165) is 72.6 Å². The van der Waals surface area contributed by atoms with Crippen molar-refractivity contribution < 1.29 is 0 Å². The van der Waals surface area contributed by atoms with Crippen LogP contribution in [-0.2, 0) is 5.41 Å². The molecule has 0 radical (unpaired) electrons. The molecule has 10 aromatic carbocycles. The fourth-order valence-electron chi connectivity index (χ4n) is 10.8. The van der Waals surface area contributed by atoms with Crippen LogP contribution in [0.4, 0.5) is 0 Å². The Kier molecular flexibility index (Phi) is 9.11. The summed E-state index contributed by atoms with van der Waals surface area (Å²) in [6, 6.07) is 92.4. The lowest BCUT2D eigenvalue weighted by atomic mass is 9.70. The van der Waals surface area contributed by atoms with Gasteiger partial charge in [0.1, 0.15) is 0 Å². The number of nitrogens with zero attached hydrogens (tertiary/aromatic N) is 2. The van der Waals surface area contributed by atoms with E-state index in [0.29, 0.717) is 5.82 Å². The average molecular weight is 851 g/mol. The lowest BCUT2D eigenvalue weighted by Crippen LogP contribution is -2.25. The van der Waals surface area contributed by atoms with Crippen molar-refractivity contribution in [1.82, 2.24) is 9.97 Å². The van der Waals surface area contributed by atoms with Crippen molar-refractivity contribution in [2.45, 2.75) is 5.41 Å². The van der Waals surface area contributed by atoms with Gasteiger partial charge >= 0.3 is 0 Å². The summed E-state index contributed by atoms with van der Waals surface area (Å²) in [4.78, 5) is 11.2. The maximum absolute atomic E-state index is 5.60. The molecule has 312 valence electrons. The molecule has 13 rings (SSSR count). The highest BCUT2D eigenvalue weighted by Crippen LogP contribution is 2.63. The van der Waals surface area contributed by atoms with Gasteiger partial charge in [-0.3, -0.25) is 0 Å². The van der Waals surface area contributed by atoms with Crippen LogP contribution in [0.3, 0.4) is 0 Å². The second-order valence-corrected chi connectivity index (χ2v) is 17.7. The van der Waals surface area contributed by atoms with Gasteiger partial charge in [-0.2, -0.15) is 0 Å². The Morgan fingerprint density at radius 1 is 0.209 bits per heavy atom. The van der Waals surface area contributed by atoms with E-state index in [1.165, 1.54) is 44.5 Å². The van der Waals surface area contributed by atoms with Crippen LogP contribution in [0.1, 0.15) is 22.3 Å². The first kappa shape index (κ1) is 38.7. The third kappa shape index (κ3) is 6.41. The molecule has 1 spiro atoms. The second-order valence-electron chi connectivity index (χ2n) is 17.7. The SMILES string of the molecule is c1ccc(-c2cc(-c3ccccc3)cc(-c3cc(-c4cc(-c5ccccc5)cc(-c5ccccc5)c4)nc(-c4ccc5c(c4)C4(c6ccccc6-c6ccccc64)c4ccccc4-5)n3)c2)cc1. The summed E-state index contributed by atoms with van der Waals surface area (Å²) >= 11 is 0. The zero-order valence-electron chi connectivity index (χ0n) is 36.6. The van der Waals surface area contributed by atoms with Gasteiger partial charge in [0.2, 0.25) is 0 Å². The van der Waals surface area contributed by atoms with Crippen LogP contribution in [0.15, 0.2) is 255 Å². The third-order valence-electron chi connectivity index (χ3n) is 13.9. The van der Waals surface area contributed by atoms with E-state index in [-0.39, 0.29) is 0 Å². The Balaban J connectivity index is 1.07. The topological polar surface area (TPSA) is 25.8 Å². The van der Waals surface area contributed by atoms with Crippen LogP contribution in [0.2, 0.25) is 0 Å². The largest absolute Gasteiger partial charge is 0.228 e. The molecule has 0 fully saturated rings. The van der Waals surface area contributed by atoms with Gasteiger partial charge in [-0.05, 0) is 138 Å². The van der Waals surface area contributed by atoms with E-state index in [1.807, 2.05) is 0 Å². The molecule has 67 heavy (non-hydrogen) atoms. The molecular formula is C65H42N2. The summed E-state index contributed by atoms with van der Waals surface area (Å²) in [6.45, 7) is 0. The molecule has 1 aromatic heterocycles. The number of benzene rings is 10. The molecule has 2 heteroatoms. The van der Waals surface area contributed by atoms with Gasteiger partial charge in [-0.1, -0.05) is 206 Å². The normalized spacial score (nSPS) is 12.6. The molecule has 0 amide bonds. The zero-order valence-corrected chi connectivity index (χ0v) is 36.6. The lowest BCUT2D eigenvalue weighted by Gasteiger charge is -2.30. The van der Waals surface area contributed by atoms with Gasteiger partial charge in [-0.25, -0.2) is 9.97 Å². The molecule has 11 aromatic rings. The Labute approximate surface area is 391 Å². The maximum Gasteiger partial charge on any atom is 0.160 e. The van der Waals surface area contributed by atoms with Crippen LogP contribution in [-0.4, -0.2) is 9.97 Å². The minimum Gasteiger partial charge on any atom is -0.228 e. The predicted octanol–water partition coefficient (Wildman–Crippen LogP) is 16.5. The number of fused-ring (bicyclic) bond motifs is 10. The maximum atomic E-state index is 5.60. The van der Waals surface area contributed by atoms with Crippen LogP contribution in [0.25, 0.3) is 101 Å². The minimum atomic E-state index is -0.487. The Morgan fingerprint density at radius 2 is 0.522 bits per heavy atom. The van der Waals surface area contributed by atoms with Gasteiger partial charge in [0, 0.05) is 16.7 Å². The Morgan fingerprint density at radius 3 is 0.896 bits per heavy atom. The monoisotopic (exact) mass is 850 g/mol. The van der Waals surface area contributed by atoms with E-state index in [2.05, 4.69) is 255 Å². The van der Waals surface area contributed by atoms with Gasteiger partial charge in [0.05, 0.1) is 16.8 Å². The number of hydrogen-bond donors (Lipinski definition) is 0. The first-order valence-electron chi connectivity index (χ1n) is 23.0. The Hall–Kier alpha value is -8.72. The van der Waals surface area contributed by atoms with Crippen LogP contribution in [0.5, 0.6) is 0 Å². The van der Waals surface area contributed by atoms with Gasteiger partial charge in [0.25, 0.3) is 0 Å². The first-order valence-corrected chi connectivity index (χ1v) is 23.0. The molecule has 0 bridgehead atoms. The van der Waals surface area contributed by atoms with Crippen LogP contribution < -0.4 is 0 Å². The molecule has 0 saturated carbocycles. The molecule has 0 N–H and O–H groups in total. The molecule has 0 aliphatic heterocycles. The summed E-state index contributed by atoms with van der Waals surface area (Å²) in [6.07, 6.45) is 0. The van der Waals surface area contributed by atoms with E-state index in [1.54, 1.807) is 0 Å². The summed E-state index contributed by atoms with van der Waals surface area (Å²) in [5, 5.41) is 0. The minimum absolute atomic E-state index is 0.487. The van der Waals surface area contributed by atoms with Crippen molar-refractivity contribution in [2.24, 2.45) is 0 Å². The fraction of sp³-hybridized carbons (Fsp3) is 0.0154. The highest BCUT2D eigenvalue weighted by Gasteiger charge is 2.51. The standard InChI is InChI=1S/C65H42N2/c1-5-19-43(20-6-1)48-35-49(44-21-7-2-8-22-44)38-52(37-48)62-42-63(53-39-50(45-23-9-3-10-24-45)36-51(40-53)46-25-11-4-12-26-46)67-64(66-62)47-33-34-57-56-29-15-18-32-60(56)65(61(57)41-47)58-30-16-13-27-54(58)55-28-14-17-31-59(55)65/h1-42H. The van der Waals surface area contributed by atoms with Gasteiger partial charge in [-0.15, -0.1) is 0 Å². The number of hydrogen-bond acceptors (Lipinski definition) is 2. The summed E-state index contributed by atoms with van der Waals surface area (Å²) in [5.74, 6) is 0.679. The number of rotatable bonds is 7. The van der Waals surface area contributed by atoms with Crippen molar-refractivity contribution in [3.05, 3.63) is 277 Å². The quantitative estimate of drug-likeness (QED) is 0.160. The molecule has 0 unspecified atom stereocenters. The summed E-state index contributed by atoms with van der Waals surface area (Å²) in [7, 11) is 0. The highest BCUT2D eigenvalue weighted by atomic mass is 14.9. The number of aromatic nitrogens is 2. The smallest absolute Gasteiger partial charge is 0.160 e. The van der Waals surface area contributed by atoms with Crippen LogP contribution in [0, 0.1) is 0 Å². The molecule has 2 aliphatic carbocycles.